The lowest BCUT2D eigenvalue weighted by atomic mass is 10.1. The van der Waals surface area contributed by atoms with E-state index >= 15 is 0 Å². The average Bonchev–Trinajstić information content (AvgIpc) is 3.05. The predicted octanol–water partition coefficient (Wildman–Crippen LogP) is 4.40. The minimum atomic E-state index is 0.488. The minimum absolute atomic E-state index is 0.488. The fourth-order valence-corrected chi connectivity index (χ4v) is 3.59. The molecule has 0 aliphatic heterocycles. The number of hydrogen-bond acceptors (Lipinski definition) is 4. The van der Waals surface area contributed by atoms with Gasteiger partial charge in [-0.05, 0) is 24.3 Å². The van der Waals surface area contributed by atoms with Gasteiger partial charge in [-0.25, -0.2) is 4.98 Å². The summed E-state index contributed by atoms with van der Waals surface area (Å²) < 4.78 is 0. The highest BCUT2D eigenvalue weighted by Crippen LogP contribution is 2.24. The summed E-state index contributed by atoms with van der Waals surface area (Å²) in [6.07, 6.45) is 5.44. The minimum Gasteiger partial charge on any atom is -0.304 e. The Labute approximate surface area is 117 Å². The monoisotopic (exact) mass is 280 g/mol. The summed E-state index contributed by atoms with van der Waals surface area (Å²) in [4.78, 5) is 7.18. The van der Waals surface area contributed by atoms with Crippen molar-refractivity contribution in [3.8, 4) is 0 Å². The first-order chi connectivity index (χ1) is 8.83. The first-order valence-electron chi connectivity index (χ1n) is 6.53. The number of nitrogens with one attached hydrogen (secondary N) is 1. The zero-order chi connectivity index (χ0) is 12.8. The molecule has 4 heteroatoms. The molecule has 0 saturated heterocycles. The van der Waals surface area contributed by atoms with Crippen LogP contribution in [0.3, 0.4) is 0 Å². The summed E-state index contributed by atoms with van der Waals surface area (Å²) >= 11 is 3.66. The molecule has 0 aromatic carbocycles. The van der Waals surface area contributed by atoms with Crippen molar-refractivity contribution < 1.29 is 0 Å². The zero-order valence-electron chi connectivity index (χ0n) is 11.0. The Morgan fingerprint density at radius 3 is 2.89 bits per heavy atom. The van der Waals surface area contributed by atoms with Crippen LogP contribution in [0.5, 0.6) is 0 Å². The van der Waals surface area contributed by atoms with Gasteiger partial charge in [0.2, 0.25) is 0 Å². The van der Waals surface area contributed by atoms with Gasteiger partial charge in [0.25, 0.3) is 0 Å². The molecule has 0 amide bonds. The highest BCUT2D eigenvalue weighted by atomic mass is 32.1. The van der Waals surface area contributed by atoms with E-state index in [0.29, 0.717) is 6.04 Å². The fraction of sp³-hybridized carbons (Fsp3) is 0.500. The Kier molecular flexibility index (Phi) is 5.35. The summed E-state index contributed by atoms with van der Waals surface area (Å²) in [5.41, 5.74) is 0. The van der Waals surface area contributed by atoms with Crippen LogP contribution in [-0.2, 0) is 13.0 Å². The van der Waals surface area contributed by atoms with E-state index in [1.165, 1.54) is 27.6 Å². The lowest BCUT2D eigenvalue weighted by molar-refractivity contribution is 0.503. The quantitative estimate of drug-likeness (QED) is 0.813. The summed E-state index contributed by atoms with van der Waals surface area (Å²) in [6, 6.07) is 4.84. The molecule has 2 nitrogen and oxygen atoms in total. The number of rotatable bonds is 7. The van der Waals surface area contributed by atoms with Gasteiger partial charge in [-0.15, -0.1) is 22.7 Å². The van der Waals surface area contributed by atoms with Crippen LogP contribution in [0.1, 0.15) is 47.5 Å². The van der Waals surface area contributed by atoms with E-state index in [1.807, 2.05) is 28.9 Å². The number of thiazole rings is 1. The van der Waals surface area contributed by atoms with Crippen molar-refractivity contribution in [2.75, 3.05) is 0 Å². The highest BCUT2D eigenvalue weighted by Gasteiger charge is 2.11. The SMILES string of the molecule is CCCC(NCc1cnc(CC)s1)c1cccs1. The van der Waals surface area contributed by atoms with Crippen LogP contribution in [0.25, 0.3) is 0 Å². The standard InChI is InChI=1S/C14H20N2S2/c1-3-6-12(13-7-5-8-17-13)15-9-11-10-16-14(4-2)18-11/h5,7-8,10,12,15H,3-4,6,9H2,1-2H3. The van der Waals surface area contributed by atoms with E-state index < -0.39 is 0 Å². The summed E-state index contributed by atoms with van der Waals surface area (Å²) in [7, 11) is 0. The van der Waals surface area contributed by atoms with Crippen molar-refractivity contribution in [2.24, 2.45) is 0 Å². The fourth-order valence-electron chi connectivity index (χ4n) is 1.94. The number of thiophene rings is 1. The Morgan fingerprint density at radius 1 is 1.39 bits per heavy atom. The molecule has 0 saturated carbocycles. The largest absolute Gasteiger partial charge is 0.304 e. The zero-order valence-corrected chi connectivity index (χ0v) is 12.6. The van der Waals surface area contributed by atoms with Gasteiger partial charge in [-0.2, -0.15) is 0 Å². The normalized spacial score (nSPS) is 12.8. The van der Waals surface area contributed by atoms with E-state index in [0.717, 1.165) is 13.0 Å². The first kappa shape index (κ1) is 13.7. The van der Waals surface area contributed by atoms with Crippen LogP contribution in [0.2, 0.25) is 0 Å². The van der Waals surface area contributed by atoms with E-state index in [1.54, 1.807) is 0 Å². The van der Waals surface area contributed by atoms with Gasteiger partial charge < -0.3 is 5.32 Å². The lowest BCUT2D eigenvalue weighted by Crippen LogP contribution is -2.19. The number of hydrogen-bond donors (Lipinski definition) is 1. The third-order valence-corrected chi connectivity index (χ3v) is 5.02. The number of nitrogens with zero attached hydrogens (tertiary/aromatic N) is 1. The van der Waals surface area contributed by atoms with Crippen LogP contribution >= 0.6 is 22.7 Å². The van der Waals surface area contributed by atoms with Crippen molar-refractivity contribution in [2.45, 2.75) is 45.7 Å². The van der Waals surface area contributed by atoms with E-state index in [2.05, 4.69) is 41.7 Å². The maximum Gasteiger partial charge on any atom is 0.0925 e. The molecule has 1 N–H and O–H groups in total. The molecule has 2 rings (SSSR count). The molecule has 18 heavy (non-hydrogen) atoms. The molecular formula is C14H20N2S2. The molecule has 0 aliphatic rings. The Bertz CT molecular complexity index is 448. The van der Waals surface area contributed by atoms with Gasteiger partial charge >= 0.3 is 0 Å². The highest BCUT2D eigenvalue weighted by molar-refractivity contribution is 7.11. The summed E-state index contributed by atoms with van der Waals surface area (Å²) in [5.74, 6) is 0. The smallest absolute Gasteiger partial charge is 0.0925 e. The second-order valence-electron chi connectivity index (χ2n) is 4.31. The van der Waals surface area contributed by atoms with Crippen LogP contribution in [0.4, 0.5) is 0 Å². The Hall–Kier alpha value is -0.710. The molecule has 0 bridgehead atoms. The van der Waals surface area contributed by atoms with Gasteiger partial charge in [0.1, 0.15) is 0 Å². The van der Waals surface area contributed by atoms with Crippen molar-refractivity contribution >= 4 is 22.7 Å². The molecule has 0 aliphatic carbocycles. The van der Waals surface area contributed by atoms with Crippen LogP contribution in [-0.4, -0.2) is 4.98 Å². The van der Waals surface area contributed by atoms with Gasteiger partial charge in [0, 0.05) is 28.5 Å². The third-order valence-electron chi connectivity index (χ3n) is 2.89. The number of aromatic nitrogens is 1. The molecule has 1 unspecified atom stereocenters. The average molecular weight is 280 g/mol. The third kappa shape index (κ3) is 3.64. The van der Waals surface area contributed by atoms with E-state index in [9.17, 15) is 0 Å². The summed E-state index contributed by atoms with van der Waals surface area (Å²) in [5, 5.41) is 7.04. The van der Waals surface area contributed by atoms with E-state index in [4.69, 9.17) is 0 Å². The van der Waals surface area contributed by atoms with Gasteiger partial charge in [0.15, 0.2) is 0 Å². The maximum atomic E-state index is 4.40. The molecule has 1 atom stereocenters. The van der Waals surface area contributed by atoms with Gasteiger partial charge in [0.05, 0.1) is 5.01 Å². The Balaban J connectivity index is 1.93. The maximum absolute atomic E-state index is 4.40. The van der Waals surface area contributed by atoms with Gasteiger partial charge in [-0.3, -0.25) is 0 Å². The van der Waals surface area contributed by atoms with Crippen molar-refractivity contribution in [1.29, 1.82) is 0 Å². The molecule has 0 spiro atoms. The lowest BCUT2D eigenvalue weighted by Gasteiger charge is -2.15. The molecule has 98 valence electrons. The van der Waals surface area contributed by atoms with E-state index in [-0.39, 0.29) is 0 Å². The second kappa shape index (κ2) is 7.02. The molecule has 2 heterocycles. The second-order valence-corrected chi connectivity index (χ2v) is 6.49. The molecule has 0 fully saturated rings. The number of aryl methyl sites for hydroxylation is 1. The molecule has 0 radical (unpaired) electrons. The molecule has 2 aromatic heterocycles. The molecular weight excluding hydrogens is 260 g/mol. The Morgan fingerprint density at radius 2 is 2.28 bits per heavy atom. The predicted molar refractivity (Wildman–Crippen MR) is 80.3 cm³/mol. The summed E-state index contributed by atoms with van der Waals surface area (Å²) in [6.45, 7) is 5.33. The molecule has 2 aromatic rings. The van der Waals surface area contributed by atoms with Crippen molar-refractivity contribution in [3.05, 3.63) is 38.5 Å². The van der Waals surface area contributed by atoms with Crippen LogP contribution in [0, 0.1) is 0 Å². The van der Waals surface area contributed by atoms with Crippen LogP contribution < -0.4 is 5.32 Å². The first-order valence-corrected chi connectivity index (χ1v) is 8.23. The van der Waals surface area contributed by atoms with Crippen molar-refractivity contribution in [3.63, 3.8) is 0 Å². The van der Waals surface area contributed by atoms with Crippen molar-refractivity contribution in [1.82, 2.24) is 10.3 Å². The topological polar surface area (TPSA) is 24.9 Å². The van der Waals surface area contributed by atoms with Crippen LogP contribution in [0.15, 0.2) is 23.7 Å². The van der Waals surface area contributed by atoms with Gasteiger partial charge in [-0.1, -0.05) is 26.3 Å².